The van der Waals surface area contributed by atoms with Crippen molar-refractivity contribution >= 4 is 6.03 Å². The van der Waals surface area contributed by atoms with Crippen LogP contribution in [-0.2, 0) is 11.3 Å². The van der Waals surface area contributed by atoms with Crippen LogP contribution in [0.25, 0.3) is 0 Å². The van der Waals surface area contributed by atoms with E-state index < -0.39 is 0 Å². The normalized spacial score (nSPS) is 22.2. The Balaban J connectivity index is 1.66. The van der Waals surface area contributed by atoms with E-state index in [2.05, 4.69) is 31.4 Å². The summed E-state index contributed by atoms with van der Waals surface area (Å²) in [4.78, 5) is 11.8. The van der Waals surface area contributed by atoms with Gasteiger partial charge in [0.25, 0.3) is 0 Å². The molecule has 1 aliphatic heterocycles. The summed E-state index contributed by atoms with van der Waals surface area (Å²) in [6, 6.07) is 3.86. The number of hydrogen-bond donors (Lipinski definition) is 2. The molecule has 2 atom stereocenters. The van der Waals surface area contributed by atoms with Crippen LogP contribution in [0.2, 0.25) is 0 Å². The fourth-order valence-electron chi connectivity index (χ4n) is 2.90. The monoisotopic (exact) mass is 293 g/mol. The number of amides is 2. The van der Waals surface area contributed by atoms with Gasteiger partial charge < -0.3 is 19.9 Å². The molecule has 0 aromatic carbocycles. The molecule has 5 heteroatoms. The highest BCUT2D eigenvalue weighted by Gasteiger charge is 2.37. The summed E-state index contributed by atoms with van der Waals surface area (Å²) in [5, 5.41) is 5.85. The van der Waals surface area contributed by atoms with Crippen LogP contribution >= 0.6 is 0 Å². The molecule has 1 aromatic heterocycles. The first-order valence-corrected chi connectivity index (χ1v) is 7.71. The Labute approximate surface area is 127 Å². The molecule has 0 aliphatic carbocycles. The summed E-state index contributed by atoms with van der Waals surface area (Å²) >= 11 is 0. The fourth-order valence-corrected chi connectivity index (χ4v) is 2.90. The van der Waals surface area contributed by atoms with Crippen molar-refractivity contribution < 1.29 is 9.53 Å². The number of hydrogen-bond acceptors (Lipinski definition) is 2. The van der Waals surface area contributed by atoms with Gasteiger partial charge in [-0.2, -0.15) is 0 Å². The number of nitrogens with one attached hydrogen (secondary N) is 2. The van der Waals surface area contributed by atoms with Crippen molar-refractivity contribution in [2.75, 3.05) is 19.7 Å². The Hall–Kier alpha value is -1.49. The van der Waals surface area contributed by atoms with E-state index in [-0.39, 0.29) is 17.6 Å². The topological polar surface area (TPSA) is 55.3 Å². The predicted molar refractivity (Wildman–Crippen MR) is 83.1 cm³/mol. The largest absolute Gasteiger partial charge is 0.377 e. The highest BCUT2D eigenvalue weighted by Crippen LogP contribution is 2.34. The van der Waals surface area contributed by atoms with Gasteiger partial charge >= 0.3 is 6.03 Å². The van der Waals surface area contributed by atoms with Gasteiger partial charge in [0, 0.05) is 44.6 Å². The van der Waals surface area contributed by atoms with Crippen molar-refractivity contribution in [1.82, 2.24) is 15.2 Å². The van der Waals surface area contributed by atoms with Crippen LogP contribution < -0.4 is 10.6 Å². The predicted octanol–water partition coefficient (Wildman–Crippen LogP) is 2.24. The minimum atomic E-state index is -0.0956. The molecular formula is C16H27N3O2. The van der Waals surface area contributed by atoms with Gasteiger partial charge in [-0.15, -0.1) is 0 Å². The van der Waals surface area contributed by atoms with Crippen molar-refractivity contribution in [1.29, 1.82) is 0 Å². The quantitative estimate of drug-likeness (QED) is 0.875. The number of aromatic nitrogens is 1. The van der Waals surface area contributed by atoms with Crippen LogP contribution in [0, 0.1) is 11.3 Å². The molecule has 1 aromatic rings. The van der Waals surface area contributed by atoms with Crippen LogP contribution in [0.4, 0.5) is 4.79 Å². The molecule has 2 N–H and O–H groups in total. The Morgan fingerprint density at radius 1 is 1.29 bits per heavy atom. The Kier molecular flexibility index (Phi) is 5.28. The van der Waals surface area contributed by atoms with Gasteiger partial charge in [-0.25, -0.2) is 4.79 Å². The van der Waals surface area contributed by atoms with E-state index in [9.17, 15) is 4.79 Å². The Morgan fingerprint density at radius 2 is 2.00 bits per heavy atom. The van der Waals surface area contributed by atoms with Gasteiger partial charge in [-0.1, -0.05) is 20.8 Å². The molecule has 1 fully saturated rings. The number of ether oxygens (including phenoxy) is 1. The Morgan fingerprint density at radius 3 is 2.67 bits per heavy atom. The summed E-state index contributed by atoms with van der Waals surface area (Å²) in [6.45, 7) is 9.45. The molecule has 2 rings (SSSR count). The standard InChI is InChI=1S/C16H27N3O2/c1-16(2,3)14-13(6-11-21-14)12-18-15(20)17-7-10-19-8-4-5-9-19/h4-5,8-9,13-14H,6-7,10-12H2,1-3H3,(H2,17,18,20)/t13-,14+/m1/s1. The average molecular weight is 293 g/mol. The third kappa shape index (κ3) is 4.77. The van der Waals surface area contributed by atoms with Crippen molar-refractivity contribution in [3.8, 4) is 0 Å². The first kappa shape index (κ1) is 15.9. The average Bonchev–Trinajstić information content (AvgIpc) is 3.06. The summed E-state index contributed by atoms with van der Waals surface area (Å²) in [5.41, 5.74) is 0.119. The van der Waals surface area contributed by atoms with Gasteiger partial charge in [0.1, 0.15) is 0 Å². The van der Waals surface area contributed by atoms with Crippen LogP contribution in [0.15, 0.2) is 24.5 Å². The maximum atomic E-state index is 11.8. The van der Waals surface area contributed by atoms with E-state index in [0.29, 0.717) is 19.0 Å². The molecule has 21 heavy (non-hydrogen) atoms. The lowest BCUT2D eigenvalue weighted by Crippen LogP contribution is -2.43. The molecule has 2 heterocycles. The summed E-state index contributed by atoms with van der Waals surface area (Å²) in [5.74, 6) is 0.403. The minimum Gasteiger partial charge on any atom is -0.377 e. The third-order valence-corrected chi connectivity index (χ3v) is 3.91. The van der Waals surface area contributed by atoms with Gasteiger partial charge in [0.05, 0.1) is 6.10 Å². The van der Waals surface area contributed by atoms with Crippen molar-refractivity contribution in [3.05, 3.63) is 24.5 Å². The van der Waals surface area contributed by atoms with Gasteiger partial charge in [-0.3, -0.25) is 0 Å². The van der Waals surface area contributed by atoms with E-state index >= 15 is 0 Å². The van der Waals surface area contributed by atoms with Gasteiger partial charge in [0.15, 0.2) is 0 Å². The van der Waals surface area contributed by atoms with E-state index in [4.69, 9.17) is 4.74 Å². The second-order valence-electron chi connectivity index (χ2n) is 6.76. The molecule has 0 unspecified atom stereocenters. The van der Waals surface area contributed by atoms with Gasteiger partial charge in [-0.05, 0) is 24.0 Å². The lowest BCUT2D eigenvalue weighted by atomic mass is 9.81. The highest BCUT2D eigenvalue weighted by molar-refractivity contribution is 5.73. The molecule has 5 nitrogen and oxygen atoms in total. The van der Waals surface area contributed by atoms with E-state index in [1.165, 1.54) is 0 Å². The van der Waals surface area contributed by atoms with Crippen LogP contribution in [0.3, 0.4) is 0 Å². The lowest BCUT2D eigenvalue weighted by molar-refractivity contribution is 0.00775. The molecule has 0 spiro atoms. The first-order valence-electron chi connectivity index (χ1n) is 7.71. The first-order chi connectivity index (χ1) is 9.97. The van der Waals surface area contributed by atoms with E-state index in [1.54, 1.807) is 0 Å². The number of nitrogens with zero attached hydrogens (tertiary/aromatic N) is 1. The van der Waals surface area contributed by atoms with Crippen molar-refractivity contribution in [2.24, 2.45) is 11.3 Å². The van der Waals surface area contributed by atoms with Crippen LogP contribution in [-0.4, -0.2) is 36.4 Å². The van der Waals surface area contributed by atoms with E-state index in [0.717, 1.165) is 19.6 Å². The molecule has 118 valence electrons. The van der Waals surface area contributed by atoms with E-state index in [1.807, 2.05) is 29.1 Å². The Bertz CT molecular complexity index is 437. The molecule has 0 radical (unpaired) electrons. The fraction of sp³-hybridized carbons (Fsp3) is 0.688. The van der Waals surface area contributed by atoms with Gasteiger partial charge in [0.2, 0.25) is 0 Å². The van der Waals surface area contributed by atoms with Crippen molar-refractivity contribution in [3.63, 3.8) is 0 Å². The molecule has 0 saturated carbocycles. The zero-order valence-corrected chi connectivity index (χ0v) is 13.3. The SMILES string of the molecule is CC(C)(C)[C@H]1OCC[C@@H]1CNC(=O)NCCn1cccc1. The van der Waals surface area contributed by atoms with Crippen molar-refractivity contribution in [2.45, 2.75) is 39.8 Å². The molecule has 1 aliphatic rings. The second-order valence-corrected chi connectivity index (χ2v) is 6.76. The second kappa shape index (κ2) is 6.98. The molecule has 0 bridgehead atoms. The maximum absolute atomic E-state index is 11.8. The molecule has 2 amide bonds. The zero-order chi connectivity index (χ0) is 15.3. The highest BCUT2D eigenvalue weighted by atomic mass is 16.5. The van der Waals surface area contributed by atoms with Crippen LogP contribution in [0.5, 0.6) is 0 Å². The lowest BCUT2D eigenvalue weighted by Gasteiger charge is -2.31. The number of carbonyl (C=O) groups is 1. The smallest absolute Gasteiger partial charge is 0.314 e. The van der Waals surface area contributed by atoms with Crippen LogP contribution in [0.1, 0.15) is 27.2 Å². The minimum absolute atomic E-state index is 0.0956. The zero-order valence-electron chi connectivity index (χ0n) is 13.3. The number of rotatable bonds is 5. The molecule has 1 saturated heterocycles. The third-order valence-electron chi connectivity index (χ3n) is 3.91. The number of carbonyl (C=O) groups excluding carboxylic acids is 1. The maximum Gasteiger partial charge on any atom is 0.314 e. The summed E-state index contributed by atoms with van der Waals surface area (Å²) in [7, 11) is 0. The number of urea groups is 1. The summed E-state index contributed by atoms with van der Waals surface area (Å²) in [6.07, 6.45) is 5.22. The molecular weight excluding hydrogens is 266 g/mol. The summed E-state index contributed by atoms with van der Waals surface area (Å²) < 4.78 is 7.86.